The van der Waals surface area contributed by atoms with Crippen molar-refractivity contribution in [2.24, 2.45) is 0 Å². The third kappa shape index (κ3) is 4.96. The largest absolute Gasteiger partial charge is 0.465 e. The lowest BCUT2D eigenvalue weighted by atomic mass is 10.1. The highest BCUT2D eigenvalue weighted by atomic mass is 16.6. The molecule has 0 spiro atoms. The number of amides is 1. The van der Waals surface area contributed by atoms with Crippen molar-refractivity contribution in [2.75, 3.05) is 20.2 Å². The molecule has 3 rings (SSSR count). The van der Waals surface area contributed by atoms with Crippen LogP contribution in [0.3, 0.4) is 0 Å². The molecule has 0 bridgehead atoms. The van der Waals surface area contributed by atoms with E-state index in [1.54, 1.807) is 17.0 Å². The van der Waals surface area contributed by atoms with E-state index in [1.807, 2.05) is 45.9 Å². The van der Waals surface area contributed by atoms with Gasteiger partial charge in [-0.25, -0.2) is 9.59 Å². The summed E-state index contributed by atoms with van der Waals surface area (Å²) in [6, 6.07) is 9.54. The van der Waals surface area contributed by atoms with Gasteiger partial charge in [-0.1, -0.05) is 12.1 Å². The number of carbonyl (C=O) groups excluding carboxylic acids is 2. The molecule has 7 heteroatoms. The molecule has 0 unspecified atom stereocenters. The first-order valence-corrected chi connectivity index (χ1v) is 9.91. The van der Waals surface area contributed by atoms with Crippen LogP contribution in [0, 0.1) is 6.92 Å². The van der Waals surface area contributed by atoms with Crippen LogP contribution in [0.5, 0.6) is 0 Å². The Morgan fingerprint density at radius 1 is 1.10 bits per heavy atom. The molecule has 0 saturated carbocycles. The first-order valence-electron chi connectivity index (χ1n) is 9.91. The number of aromatic nitrogens is 2. The molecule has 1 saturated heterocycles. The molecule has 1 amide bonds. The van der Waals surface area contributed by atoms with Crippen molar-refractivity contribution < 1.29 is 19.1 Å². The van der Waals surface area contributed by atoms with Gasteiger partial charge >= 0.3 is 12.1 Å². The predicted octanol–water partition coefficient (Wildman–Crippen LogP) is 4.22. The summed E-state index contributed by atoms with van der Waals surface area (Å²) >= 11 is 0. The Kier molecular flexibility index (Phi) is 5.96. The van der Waals surface area contributed by atoms with Gasteiger partial charge < -0.3 is 14.4 Å². The van der Waals surface area contributed by atoms with Crippen molar-refractivity contribution >= 4 is 12.1 Å². The lowest BCUT2D eigenvalue weighted by Crippen LogP contribution is -2.42. The van der Waals surface area contributed by atoms with Crippen LogP contribution in [0.15, 0.2) is 30.3 Å². The monoisotopic (exact) mass is 399 g/mol. The topological polar surface area (TPSA) is 73.7 Å². The van der Waals surface area contributed by atoms with Crippen LogP contribution in [-0.2, 0) is 9.47 Å². The number of carbonyl (C=O) groups is 2. The lowest BCUT2D eigenvalue weighted by molar-refractivity contribution is 0.0184. The second-order valence-corrected chi connectivity index (χ2v) is 8.38. The summed E-state index contributed by atoms with van der Waals surface area (Å²) < 4.78 is 12.3. The van der Waals surface area contributed by atoms with E-state index in [0.29, 0.717) is 18.7 Å². The lowest BCUT2D eigenvalue weighted by Gasteiger charge is -2.33. The first kappa shape index (κ1) is 20.9. The zero-order valence-corrected chi connectivity index (χ0v) is 17.8. The summed E-state index contributed by atoms with van der Waals surface area (Å²) in [7, 11) is 1.37. The summed E-state index contributed by atoms with van der Waals surface area (Å²) in [5, 5.41) is 4.79. The molecule has 1 fully saturated rings. The van der Waals surface area contributed by atoms with Gasteiger partial charge in [0, 0.05) is 24.3 Å². The van der Waals surface area contributed by atoms with Crippen LogP contribution >= 0.6 is 0 Å². The van der Waals surface area contributed by atoms with Crippen LogP contribution in [0.25, 0.3) is 11.3 Å². The minimum atomic E-state index is -0.481. The molecule has 1 aromatic heterocycles. The van der Waals surface area contributed by atoms with Gasteiger partial charge in [0.25, 0.3) is 0 Å². The number of likely N-dealkylation sites (tertiary alicyclic amines) is 1. The number of rotatable bonds is 3. The Bertz CT molecular complexity index is 872. The standard InChI is InChI=1S/C22H29N3O4/c1-15-14-19(16-6-8-17(9-7-16)20(26)28-5)23-25(15)18-10-12-24(13-11-18)21(27)29-22(2,3)4/h6-9,14,18H,10-13H2,1-5H3. The zero-order chi connectivity index (χ0) is 21.2. The van der Waals surface area contributed by atoms with Crippen molar-refractivity contribution in [1.82, 2.24) is 14.7 Å². The molecule has 0 aliphatic carbocycles. The van der Waals surface area contributed by atoms with E-state index in [4.69, 9.17) is 14.6 Å². The second-order valence-electron chi connectivity index (χ2n) is 8.38. The molecular weight excluding hydrogens is 370 g/mol. The van der Waals surface area contributed by atoms with E-state index in [9.17, 15) is 9.59 Å². The molecule has 1 aromatic carbocycles. The van der Waals surface area contributed by atoms with E-state index < -0.39 is 5.60 Å². The minimum Gasteiger partial charge on any atom is -0.465 e. The van der Waals surface area contributed by atoms with Crippen LogP contribution < -0.4 is 0 Å². The van der Waals surface area contributed by atoms with Crippen molar-refractivity contribution in [3.8, 4) is 11.3 Å². The highest BCUT2D eigenvalue weighted by Gasteiger charge is 2.28. The number of aryl methyl sites for hydroxylation is 1. The Morgan fingerprint density at radius 2 is 1.72 bits per heavy atom. The molecule has 29 heavy (non-hydrogen) atoms. The summed E-state index contributed by atoms with van der Waals surface area (Å²) in [5.74, 6) is -0.352. The molecule has 7 nitrogen and oxygen atoms in total. The average molecular weight is 399 g/mol. The Balaban J connectivity index is 1.67. The van der Waals surface area contributed by atoms with E-state index in [0.717, 1.165) is 29.8 Å². The molecule has 2 heterocycles. The Hall–Kier alpha value is -2.83. The smallest absolute Gasteiger partial charge is 0.410 e. The number of hydrogen-bond donors (Lipinski definition) is 0. The average Bonchev–Trinajstić information content (AvgIpc) is 3.08. The normalized spacial score (nSPS) is 15.3. The maximum atomic E-state index is 12.3. The Labute approximate surface area is 171 Å². The maximum Gasteiger partial charge on any atom is 0.410 e. The molecular formula is C22H29N3O4. The predicted molar refractivity (Wildman–Crippen MR) is 110 cm³/mol. The number of esters is 1. The number of ether oxygens (including phenoxy) is 2. The number of benzene rings is 1. The molecule has 0 N–H and O–H groups in total. The summed E-state index contributed by atoms with van der Waals surface area (Å²) in [6.07, 6.45) is 1.42. The third-order valence-electron chi connectivity index (χ3n) is 4.99. The van der Waals surface area contributed by atoms with Gasteiger partial charge in [0.05, 0.1) is 24.4 Å². The number of nitrogens with zero attached hydrogens (tertiary/aromatic N) is 3. The van der Waals surface area contributed by atoms with E-state index in [-0.39, 0.29) is 18.1 Å². The Morgan fingerprint density at radius 3 is 2.28 bits per heavy atom. The van der Waals surface area contributed by atoms with Crippen LogP contribution in [0.4, 0.5) is 4.79 Å². The number of hydrogen-bond acceptors (Lipinski definition) is 5. The highest BCUT2D eigenvalue weighted by Crippen LogP contribution is 2.28. The maximum absolute atomic E-state index is 12.3. The van der Waals surface area contributed by atoms with Gasteiger partial charge in [0.15, 0.2) is 0 Å². The molecule has 1 aliphatic rings. The van der Waals surface area contributed by atoms with Gasteiger partial charge in [-0.15, -0.1) is 0 Å². The molecule has 2 aromatic rings. The highest BCUT2D eigenvalue weighted by molar-refractivity contribution is 5.89. The van der Waals surface area contributed by atoms with Crippen molar-refractivity contribution in [3.63, 3.8) is 0 Å². The minimum absolute atomic E-state index is 0.247. The first-order chi connectivity index (χ1) is 13.7. The molecule has 1 aliphatic heterocycles. The van der Waals surface area contributed by atoms with Crippen molar-refractivity contribution in [3.05, 3.63) is 41.6 Å². The van der Waals surface area contributed by atoms with E-state index in [1.165, 1.54) is 7.11 Å². The van der Waals surface area contributed by atoms with Crippen LogP contribution in [-0.4, -0.2) is 52.5 Å². The van der Waals surface area contributed by atoms with Crippen LogP contribution in [0.2, 0.25) is 0 Å². The summed E-state index contributed by atoms with van der Waals surface area (Å²) in [6.45, 7) is 8.99. The van der Waals surface area contributed by atoms with Gasteiger partial charge in [-0.05, 0) is 58.7 Å². The summed E-state index contributed by atoms with van der Waals surface area (Å²) in [4.78, 5) is 25.6. The van der Waals surface area contributed by atoms with Gasteiger partial charge in [0.2, 0.25) is 0 Å². The second kappa shape index (κ2) is 8.27. The van der Waals surface area contributed by atoms with Gasteiger partial charge in [0.1, 0.15) is 5.60 Å². The third-order valence-corrected chi connectivity index (χ3v) is 4.99. The van der Waals surface area contributed by atoms with E-state index >= 15 is 0 Å². The van der Waals surface area contributed by atoms with E-state index in [2.05, 4.69) is 4.68 Å². The fraction of sp³-hybridized carbons (Fsp3) is 0.500. The number of piperidine rings is 1. The van der Waals surface area contributed by atoms with Gasteiger partial charge in [-0.3, -0.25) is 4.68 Å². The van der Waals surface area contributed by atoms with Gasteiger partial charge in [-0.2, -0.15) is 5.10 Å². The fourth-order valence-electron chi connectivity index (χ4n) is 3.51. The summed E-state index contributed by atoms with van der Waals surface area (Å²) in [5.41, 5.74) is 2.93. The molecule has 0 atom stereocenters. The van der Waals surface area contributed by atoms with Crippen molar-refractivity contribution in [2.45, 2.75) is 52.2 Å². The number of methoxy groups -OCH3 is 1. The molecule has 156 valence electrons. The van der Waals surface area contributed by atoms with Crippen LogP contribution in [0.1, 0.15) is 55.7 Å². The zero-order valence-electron chi connectivity index (χ0n) is 17.8. The fourth-order valence-corrected chi connectivity index (χ4v) is 3.51. The van der Waals surface area contributed by atoms with Crippen molar-refractivity contribution in [1.29, 1.82) is 0 Å². The SMILES string of the molecule is COC(=O)c1ccc(-c2cc(C)n(C3CCN(C(=O)OC(C)(C)C)CC3)n2)cc1. The quantitative estimate of drug-likeness (QED) is 0.723. The molecule has 0 radical (unpaired) electrons.